The van der Waals surface area contributed by atoms with Crippen molar-refractivity contribution in [2.24, 2.45) is 0 Å². The van der Waals surface area contributed by atoms with Crippen LogP contribution in [0.2, 0.25) is 5.02 Å². The molecule has 1 unspecified atom stereocenters. The molecule has 4 N–H and O–H groups in total. The lowest BCUT2D eigenvalue weighted by atomic mass is 10.0. The fourth-order valence-corrected chi connectivity index (χ4v) is 3.89. The molecule has 1 saturated heterocycles. The zero-order valence-electron chi connectivity index (χ0n) is 16.3. The van der Waals surface area contributed by atoms with E-state index in [2.05, 4.69) is 10.6 Å². The van der Waals surface area contributed by atoms with Gasteiger partial charge in [0.2, 0.25) is 11.8 Å². The smallest absolute Gasteiger partial charge is 0.262 e. The van der Waals surface area contributed by atoms with Crippen LogP contribution in [0, 0.1) is 0 Å². The number of hydrogen-bond acceptors (Lipinski definition) is 7. The van der Waals surface area contributed by atoms with Crippen molar-refractivity contribution < 1.29 is 34.2 Å². The number of hydrogen-bond donors (Lipinski definition) is 4. The van der Waals surface area contributed by atoms with E-state index in [0.717, 1.165) is 4.90 Å². The number of nitrogens with zero attached hydrogens (tertiary/aromatic N) is 1. The Morgan fingerprint density at radius 3 is 2.56 bits per heavy atom. The molecule has 2 heterocycles. The van der Waals surface area contributed by atoms with Gasteiger partial charge in [-0.1, -0.05) is 23.7 Å². The van der Waals surface area contributed by atoms with Gasteiger partial charge >= 0.3 is 0 Å². The lowest BCUT2D eigenvalue weighted by Crippen LogP contribution is -2.54. The van der Waals surface area contributed by atoms with Gasteiger partial charge in [0.15, 0.2) is 11.5 Å². The van der Waals surface area contributed by atoms with Gasteiger partial charge in [-0.2, -0.15) is 0 Å². The third-order valence-corrected chi connectivity index (χ3v) is 5.65. The fourth-order valence-electron chi connectivity index (χ4n) is 3.74. The number of carbonyl (C=O) groups excluding carboxylic acids is 5. The first-order chi connectivity index (χ1) is 15.2. The van der Waals surface area contributed by atoms with Crippen molar-refractivity contribution >= 4 is 41.1 Å². The molecule has 5 amide bonds. The Labute approximate surface area is 185 Å². The van der Waals surface area contributed by atoms with E-state index >= 15 is 0 Å². The maximum atomic E-state index is 13.0. The van der Waals surface area contributed by atoms with Crippen molar-refractivity contribution in [3.8, 4) is 11.5 Å². The van der Waals surface area contributed by atoms with E-state index in [-0.39, 0.29) is 41.1 Å². The molecule has 0 saturated carbocycles. The van der Waals surface area contributed by atoms with Crippen molar-refractivity contribution in [3.63, 3.8) is 0 Å². The summed E-state index contributed by atoms with van der Waals surface area (Å²) in [5.41, 5.74) is 0.220. The van der Waals surface area contributed by atoms with Gasteiger partial charge in [0.25, 0.3) is 17.7 Å². The van der Waals surface area contributed by atoms with E-state index in [4.69, 9.17) is 11.6 Å². The van der Waals surface area contributed by atoms with E-state index in [1.54, 1.807) is 0 Å². The number of halogens is 1. The molecule has 0 spiro atoms. The summed E-state index contributed by atoms with van der Waals surface area (Å²) in [4.78, 5) is 62.8. The molecule has 2 aliphatic heterocycles. The van der Waals surface area contributed by atoms with Gasteiger partial charge in [-0.25, -0.2) is 0 Å². The lowest BCUT2D eigenvalue weighted by Gasteiger charge is -2.27. The van der Waals surface area contributed by atoms with Crippen molar-refractivity contribution in [3.05, 3.63) is 57.6 Å². The Bertz CT molecular complexity index is 1210. The number of piperidine rings is 1. The molecular weight excluding hydrogens is 442 g/mol. The number of phenols is 2. The fraction of sp³-hybridized carbons (Fsp3) is 0.190. The predicted molar refractivity (Wildman–Crippen MR) is 109 cm³/mol. The summed E-state index contributed by atoms with van der Waals surface area (Å²) in [5.74, 6) is -4.62. The topological polar surface area (TPSA) is 153 Å². The molecule has 10 nitrogen and oxygen atoms in total. The van der Waals surface area contributed by atoms with Crippen molar-refractivity contribution in [1.82, 2.24) is 15.5 Å². The van der Waals surface area contributed by atoms with Crippen molar-refractivity contribution in [1.29, 1.82) is 0 Å². The Kier molecular flexibility index (Phi) is 5.31. The van der Waals surface area contributed by atoms with E-state index < -0.39 is 47.1 Å². The zero-order valence-corrected chi connectivity index (χ0v) is 17.1. The van der Waals surface area contributed by atoms with Crippen LogP contribution in [0.5, 0.6) is 11.5 Å². The van der Waals surface area contributed by atoms with Crippen LogP contribution in [-0.4, -0.2) is 50.7 Å². The highest BCUT2D eigenvalue weighted by atomic mass is 35.5. The molecule has 32 heavy (non-hydrogen) atoms. The number of amides is 5. The monoisotopic (exact) mass is 457 g/mol. The average Bonchev–Trinajstić information content (AvgIpc) is 3.01. The van der Waals surface area contributed by atoms with E-state index in [0.29, 0.717) is 5.56 Å². The summed E-state index contributed by atoms with van der Waals surface area (Å²) in [6.07, 6.45) is 0.0334. The number of rotatable bonds is 4. The minimum atomic E-state index is -1.10. The minimum absolute atomic E-state index is 0.00412. The molecule has 2 aliphatic rings. The Morgan fingerprint density at radius 1 is 1.09 bits per heavy atom. The van der Waals surface area contributed by atoms with E-state index in [1.165, 1.54) is 30.3 Å². The highest BCUT2D eigenvalue weighted by Crippen LogP contribution is 2.36. The number of aromatic hydroxyl groups is 2. The lowest BCUT2D eigenvalue weighted by molar-refractivity contribution is -0.136. The van der Waals surface area contributed by atoms with Gasteiger partial charge in [0.05, 0.1) is 21.7 Å². The normalized spacial score (nSPS) is 17.9. The van der Waals surface area contributed by atoms with Gasteiger partial charge in [-0.3, -0.25) is 34.2 Å². The first-order valence-electron chi connectivity index (χ1n) is 9.52. The molecule has 2 aromatic rings. The number of carbonyl (C=O) groups is 5. The molecule has 4 rings (SSSR count). The molecule has 11 heteroatoms. The first kappa shape index (κ1) is 21.3. The maximum absolute atomic E-state index is 13.0. The summed E-state index contributed by atoms with van der Waals surface area (Å²) in [6.45, 7) is -0.174. The van der Waals surface area contributed by atoms with Crippen LogP contribution in [0.4, 0.5) is 0 Å². The van der Waals surface area contributed by atoms with Crippen LogP contribution in [-0.2, 0) is 16.1 Å². The van der Waals surface area contributed by atoms with Gasteiger partial charge in [0.1, 0.15) is 6.04 Å². The number of imide groups is 2. The SMILES string of the molecule is O=C1CCC(N2C(=O)c3cccc(CNC(=O)c4ccc(Cl)c(O)c4O)c3C2=O)C(=O)N1. The van der Waals surface area contributed by atoms with Crippen molar-refractivity contribution in [2.75, 3.05) is 0 Å². The van der Waals surface area contributed by atoms with E-state index in [9.17, 15) is 34.2 Å². The predicted octanol–water partition coefficient (Wildman–Crippen LogP) is 1.08. The average molecular weight is 458 g/mol. The molecule has 0 aromatic heterocycles. The largest absolute Gasteiger partial charge is 0.504 e. The van der Waals surface area contributed by atoms with Crippen LogP contribution in [0.15, 0.2) is 30.3 Å². The zero-order chi connectivity index (χ0) is 23.2. The van der Waals surface area contributed by atoms with E-state index in [1.807, 2.05) is 0 Å². The summed E-state index contributed by atoms with van der Waals surface area (Å²) in [5, 5.41) is 24.2. The molecule has 2 aromatic carbocycles. The van der Waals surface area contributed by atoms with Crippen LogP contribution >= 0.6 is 11.6 Å². The molecule has 0 radical (unpaired) electrons. The van der Waals surface area contributed by atoms with Gasteiger partial charge in [-0.15, -0.1) is 0 Å². The van der Waals surface area contributed by atoms with Gasteiger partial charge in [0, 0.05) is 13.0 Å². The summed E-state index contributed by atoms with van der Waals surface area (Å²) >= 11 is 5.69. The highest BCUT2D eigenvalue weighted by molar-refractivity contribution is 6.32. The Balaban J connectivity index is 1.57. The highest BCUT2D eigenvalue weighted by Gasteiger charge is 2.45. The second-order valence-electron chi connectivity index (χ2n) is 7.26. The van der Waals surface area contributed by atoms with Crippen LogP contribution in [0.25, 0.3) is 0 Å². The molecule has 0 aliphatic carbocycles. The number of nitrogens with one attached hydrogen (secondary N) is 2. The Morgan fingerprint density at radius 2 is 1.84 bits per heavy atom. The molecule has 164 valence electrons. The maximum Gasteiger partial charge on any atom is 0.262 e. The standard InChI is InChI=1S/C21H16ClN3O7/c22-12-5-4-11(16(27)17(12)28)18(29)23-8-9-2-1-3-10-15(9)21(32)25(20(10)31)13-6-7-14(26)24-19(13)30/h1-5,13,27-28H,6-8H2,(H,23,29)(H,24,26,30). The van der Waals surface area contributed by atoms with Crippen molar-refractivity contribution in [2.45, 2.75) is 25.4 Å². The number of fused-ring (bicyclic) bond motifs is 1. The molecule has 0 bridgehead atoms. The third kappa shape index (κ3) is 3.44. The minimum Gasteiger partial charge on any atom is -0.504 e. The Hall–Kier alpha value is -3.92. The second-order valence-corrected chi connectivity index (χ2v) is 7.67. The molecule has 1 atom stereocenters. The second kappa shape index (κ2) is 7.97. The number of phenolic OH excluding ortho intramolecular Hbond substituents is 2. The quantitative estimate of drug-likeness (QED) is 0.396. The van der Waals surface area contributed by atoms with Crippen LogP contribution in [0.1, 0.15) is 49.5 Å². The van der Waals surface area contributed by atoms with Crippen LogP contribution < -0.4 is 10.6 Å². The first-order valence-corrected chi connectivity index (χ1v) is 9.90. The summed E-state index contributed by atoms with van der Waals surface area (Å²) in [6, 6.07) is 5.88. The molecular formula is C21H16ClN3O7. The number of benzene rings is 2. The van der Waals surface area contributed by atoms with Gasteiger partial charge in [-0.05, 0) is 30.2 Å². The third-order valence-electron chi connectivity index (χ3n) is 5.34. The van der Waals surface area contributed by atoms with Crippen LogP contribution in [0.3, 0.4) is 0 Å². The summed E-state index contributed by atoms with van der Waals surface area (Å²) in [7, 11) is 0. The summed E-state index contributed by atoms with van der Waals surface area (Å²) < 4.78 is 0. The molecule has 1 fully saturated rings. The van der Waals surface area contributed by atoms with Gasteiger partial charge < -0.3 is 15.5 Å².